The second kappa shape index (κ2) is 14.1. The number of ether oxygens (including phenoxy) is 2. The maximum absolute atomic E-state index is 13.1. The number of carbonyl (C=O) groups is 3. The van der Waals surface area contributed by atoms with Gasteiger partial charge < -0.3 is 20.1 Å². The number of amides is 1. The van der Waals surface area contributed by atoms with Gasteiger partial charge in [-0.05, 0) is 48.6 Å². The van der Waals surface area contributed by atoms with Crippen molar-refractivity contribution in [2.45, 2.75) is 44.6 Å². The molecule has 0 heterocycles. The predicted molar refractivity (Wildman–Crippen MR) is 151 cm³/mol. The Morgan fingerprint density at radius 3 is 2.36 bits per heavy atom. The third-order valence-corrected chi connectivity index (χ3v) is 6.79. The van der Waals surface area contributed by atoms with E-state index in [0.717, 1.165) is 24.3 Å². The maximum atomic E-state index is 13.1. The van der Waals surface area contributed by atoms with Gasteiger partial charge in [-0.1, -0.05) is 67.4 Å². The molecule has 204 valence electrons. The number of anilines is 1. The molecule has 0 radical (unpaired) electrons. The van der Waals surface area contributed by atoms with Crippen LogP contribution in [0.2, 0.25) is 0 Å². The minimum Gasteiger partial charge on any atom is -0.492 e. The molecule has 0 spiro atoms. The van der Waals surface area contributed by atoms with Crippen LogP contribution in [0.25, 0.3) is 0 Å². The van der Waals surface area contributed by atoms with Crippen LogP contribution in [0.5, 0.6) is 5.75 Å². The van der Waals surface area contributed by atoms with Crippen LogP contribution in [0, 0.1) is 5.92 Å². The van der Waals surface area contributed by atoms with Crippen molar-refractivity contribution >= 4 is 23.3 Å². The van der Waals surface area contributed by atoms with Gasteiger partial charge in [0.1, 0.15) is 18.4 Å². The normalized spacial score (nSPS) is 13.3. The van der Waals surface area contributed by atoms with E-state index in [1.54, 1.807) is 30.3 Å². The molecule has 0 aliphatic heterocycles. The summed E-state index contributed by atoms with van der Waals surface area (Å²) >= 11 is 0. The lowest BCUT2D eigenvalue weighted by molar-refractivity contribution is -0.141. The monoisotopic (exact) mass is 528 g/mol. The minimum absolute atomic E-state index is 0.0722. The Bertz CT molecular complexity index is 1240. The van der Waals surface area contributed by atoms with Gasteiger partial charge in [0, 0.05) is 29.7 Å². The predicted octanol–water partition coefficient (Wildman–Crippen LogP) is 5.19. The van der Waals surface area contributed by atoms with E-state index in [4.69, 9.17) is 9.47 Å². The zero-order valence-corrected chi connectivity index (χ0v) is 22.4. The van der Waals surface area contributed by atoms with Crippen LogP contribution in [-0.2, 0) is 20.7 Å². The quantitative estimate of drug-likeness (QED) is 0.160. The topological polar surface area (TPSA) is 93.7 Å². The molecule has 1 aliphatic rings. The smallest absolute Gasteiger partial charge is 0.328 e. The Kier molecular flexibility index (Phi) is 10.1. The largest absolute Gasteiger partial charge is 0.492 e. The highest BCUT2D eigenvalue weighted by Crippen LogP contribution is 2.33. The number of hydrogen-bond acceptors (Lipinski definition) is 6. The van der Waals surface area contributed by atoms with Gasteiger partial charge in [-0.3, -0.25) is 9.59 Å². The summed E-state index contributed by atoms with van der Waals surface area (Å²) in [5, 5.41) is 6.12. The molecule has 1 aliphatic carbocycles. The highest BCUT2D eigenvalue weighted by molar-refractivity contribution is 6.12. The van der Waals surface area contributed by atoms with Crippen molar-refractivity contribution in [3.05, 3.63) is 95.6 Å². The van der Waals surface area contributed by atoms with Crippen LogP contribution in [0.1, 0.15) is 53.6 Å². The zero-order valence-electron chi connectivity index (χ0n) is 22.4. The molecule has 0 bridgehead atoms. The molecule has 7 nitrogen and oxygen atoms in total. The summed E-state index contributed by atoms with van der Waals surface area (Å²) in [6, 6.07) is 23.0. The summed E-state index contributed by atoms with van der Waals surface area (Å²) in [6.07, 6.45) is 5.68. The molecule has 1 amide bonds. The zero-order chi connectivity index (χ0) is 27.5. The number of benzene rings is 3. The van der Waals surface area contributed by atoms with Crippen LogP contribution in [-0.4, -0.2) is 44.0 Å². The molecular formula is C32H36N2O5. The number of para-hydroxylation sites is 1. The molecule has 0 aromatic heterocycles. The number of ketones is 1. The van der Waals surface area contributed by atoms with Crippen LogP contribution >= 0.6 is 0 Å². The lowest BCUT2D eigenvalue weighted by Crippen LogP contribution is -2.33. The summed E-state index contributed by atoms with van der Waals surface area (Å²) in [5.41, 5.74) is 2.53. The summed E-state index contributed by atoms with van der Waals surface area (Å²) in [6.45, 7) is 0.839. The molecule has 1 atom stereocenters. The molecule has 1 fully saturated rings. The Morgan fingerprint density at radius 1 is 0.923 bits per heavy atom. The van der Waals surface area contributed by atoms with Crippen LogP contribution < -0.4 is 15.4 Å². The van der Waals surface area contributed by atoms with E-state index in [0.29, 0.717) is 48.6 Å². The van der Waals surface area contributed by atoms with Gasteiger partial charge in [0.2, 0.25) is 5.91 Å². The molecule has 39 heavy (non-hydrogen) atoms. The fourth-order valence-corrected chi connectivity index (χ4v) is 4.44. The third-order valence-electron chi connectivity index (χ3n) is 6.79. The van der Waals surface area contributed by atoms with Crippen molar-refractivity contribution in [2.24, 2.45) is 5.92 Å². The van der Waals surface area contributed by atoms with Crippen molar-refractivity contribution in [1.82, 2.24) is 5.32 Å². The SMILES string of the molecule is COC(=O)[C@H](Cc1ccc(OCCNC(=O)CCCC2CC2)cc1)Nc1ccccc1C(=O)c1ccccc1. The standard InChI is InChI=1S/C32H36N2O5/c1-38-32(37)29(34-28-12-6-5-11-27(28)31(36)25-9-3-2-4-10-25)22-24-16-18-26(19-17-24)39-21-20-33-30(35)13-7-8-23-14-15-23/h2-6,9-12,16-19,23,29,34H,7-8,13-15,20-22H2,1H3,(H,33,35)/t29-/m0/s1. The van der Waals surface area contributed by atoms with Crippen molar-refractivity contribution in [1.29, 1.82) is 0 Å². The summed E-state index contributed by atoms with van der Waals surface area (Å²) in [5.74, 6) is 1.05. The lowest BCUT2D eigenvalue weighted by Gasteiger charge is -2.20. The molecule has 3 aromatic rings. The van der Waals surface area contributed by atoms with Crippen molar-refractivity contribution in [3.63, 3.8) is 0 Å². The Hall–Kier alpha value is -4.13. The van der Waals surface area contributed by atoms with Gasteiger partial charge in [0.05, 0.1) is 13.7 Å². The minimum atomic E-state index is -0.693. The van der Waals surface area contributed by atoms with E-state index in [1.807, 2.05) is 48.5 Å². The van der Waals surface area contributed by atoms with Crippen molar-refractivity contribution in [2.75, 3.05) is 25.6 Å². The summed E-state index contributed by atoms with van der Waals surface area (Å²) in [7, 11) is 1.35. The number of nitrogens with one attached hydrogen (secondary N) is 2. The van der Waals surface area contributed by atoms with Gasteiger partial charge in [0.25, 0.3) is 0 Å². The van der Waals surface area contributed by atoms with Gasteiger partial charge in [-0.15, -0.1) is 0 Å². The van der Waals surface area contributed by atoms with Crippen LogP contribution in [0.15, 0.2) is 78.9 Å². The average Bonchev–Trinajstić information content (AvgIpc) is 3.80. The highest BCUT2D eigenvalue weighted by Gasteiger charge is 2.23. The van der Waals surface area contributed by atoms with Gasteiger partial charge >= 0.3 is 5.97 Å². The molecular weight excluding hydrogens is 492 g/mol. The van der Waals surface area contributed by atoms with Gasteiger partial charge in [-0.2, -0.15) is 0 Å². The lowest BCUT2D eigenvalue weighted by atomic mass is 10.00. The molecule has 0 saturated heterocycles. The first-order valence-corrected chi connectivity index (χ1v) is 13.5. The molecule has 7 heteroatoms. The Morgan fingerprint density at radius 2 is 1.64 bits per heavy atom. The molecule has 1 saturated carbocycles. The van der Waals surface area contributed by atoms with E-state index < -0.39 is 12.0 Å². The molecule has 4 rings (SSSR count). The van der Waals surface area contributed by atoms with E-state index in [9.17, 15) is 14.4 Å². The summed E-state index contributed by atoms with van der Waals surface area (Å²) in [4.78, 5) is 37.7. The molecule has 3 aromatic carbocycles. The number of esters is 1. The van der Waals surface area contributed by atoms with Crippen LogP contribution in [0.3, 0.4) is 0 Å². The second-order valence-corrected chi connectivity index (χ2v) is 9.84. The Balaban J connectivity index is 1.30. The fourth-order valence-electron chi connectivity index (χ4n) is 4.44. The molecule has 0 unspecified atom stereocenters. The summed E-state index contributed by atoms with van der Waals surface area (Å²) < 4.78 is 10.8. The highest BCUT2D eigenvalue weighted by atomic mass is 16.5. The van der Waals surface area contributed by atoms with Gasteiger partial charge in [-0.25, -0.2) is 4.79 Å². The van der Waals surface area contributed by atoms with Gasteiger partial charge in [0.15, 0.2) is 5.78 Å². The maximum Gasteiger partial charge on any atom is 0.328 e. The van der Waals surface area contributed by atoms with Crippen molar-refractivity contribution < 1.29 is 23.9 Å². The van der Waals surface area contributed by atoms with E-state index in [-0.39, 0.29) is 11.7 Å². The average molecular weight is 529 g/mol. The number of hydrogen-bond donors (Lipinski definition) is 2. The Labute approximate surface area is 229 Å². The number of carbonyl (C=O) groups excluding carboxylic acids is 3. The first-order valence-electron chi connectivity index (χ1n) is 13.5. The second-order valence-electron chi connectivity index (χ2n) is 9.84. The first-order chi connectivity index (χ1) is 19.0. The number of rotatable bonds is 15. The van der Waals surface area contributed by atoms with E-state index in [1.165, 1.54) is 20.0 Å². The van der Waals surface area contributed by atoms with Crippen LogP contribution in [0.4, 0.5) is 5.69 Å². The third kappa shape index (κ3) is 8.70. The number of methoxy groups -OCH3 is 1. The molecule has 2 N–H and O–H groups in total. The van der Waals surface area contributed by atoms with E-state index >= 15 is 0 Å². The fraction of sp³-hybridized carbons (Fsp3) is 0.344. The van der Waals surface area contributed by atoms with Crippen molar-refractivity contribution in [3.8, 4) is 5.75 Å². The van der Waals surface area contributed by atoms with E-state index in [2.05, 4.69) is 10.6 Å². The first kappa shape index (κ1) is 27.9.